The van der Waals surface area contributed by atoms with E-state index in [1.807, 2.05) is 11.3 Å². The molecule has 2 heterocycles. The monoisotopic (exact) mass is 794 g/mol. The Kier molecular flexibility index (Phi) is 8.39. The predicted octanol–water partition coefficient (Wildman–Crippen LogP) is 16.8. The van der Waals surface area contributed by atoms with E-state index >= 15 is 0 Å². The number of thiophene rings is 1. The average Bonchev–Trinajstić information content (AvgIpc) is 3.88. The molecule has 12 aromatic rings. The third-order valence-electron chi connectivity index (χ3n) is 12.2. The summed E-state index contributed by atoms with van der Waals surface area (Å²) in [5.41, 5.74) is 14.1. The first-order chi connectivity index (χ1) is 30.3. The van der Waals surface area contributed by atoms with Crippen molar-refractivity contribution in [3.8, 4) is 39.1 Å². The summed E-state index contributed by atoms with van der Waals surface area (Å²) in [5.74, 6) is 0. The fourth-order valence-corrected chi connectivity index (χ4v) is 10.6. The van der Waals surface area contributed by atoms with Crippen LogP contribution in [-0.2, 0) is 0 Å². The number of benzene rings is 10. The number of rotatable bonds is 7. The van der Waals surface area contributed by atoms with E-state index in [0.29, 0.717) is 0 Å². The Bertz CT molecular complexity index is 3540. The molecule has 0 spiro atoms. The van der Waals surface area contributed by atoms with Gasteiger partial charge in [0, 0.05) is 43.2 Å². The Morgan fingerprint density at radius 1 is 0.344 bits per heavy atom. The van der Waals surface area contributed by atoms with Crippen LogP contribution < -0.4 is 4.90 Å². The number of aromatic nitrogens is 1. The largest absolute Gasteiger partial charge is 0.309 e. The highest BCUT2D eigenvalue weighted by Gasteiger charge is 2.20. The van der Waals surface area contributed by atoms with Gasteiger partial charge in [-0.25, -0.2) is 0 Å². The summed E-state index contributed by atoms with van der Waals surface area (Å²) in [5, 5.41) is 7.60. The first-order valence-corrected chi connectivity index (χ1v) is 21.7. The lowest BCUT2D eigenvalue weighted by atomic mass is 9.93. The summed E-state index contributed by atoms with van der Waals surface area (Å²) >= 11 is 1.86. The number of hydrogen-bond acceptors (Lipinski definition) is 2. The number of para-hydroxylation sites is 3. The minimum Gasteiger partial charge on any atom is -0.309 e. The van der Waals surface area contributed by atoms with Gasteiger partial charge in [0.25, 0.3) is 0 Å². The second-order valence-electron chi connectivity index (χ2n) is 15.7. The van der Waals surface area contributed by atoms with Crippen LogP contribution in [-0.4, -0.2) is 4.57 Å². The zero-order chi connectivity index (χ0) is 40.3. The van der Waals surface area contributed by atoms with Crippen molar-refractivity contribution in [2.45, 2.75) is 0 Å². The van der Waals surface area contributed by atoms with E-state index < -0.39 is 0 Å². The van der Waals surface area contributed by atoms with Gasteiger partial charge in [-0.1, -0.05) is 170 Å². The van der Waals surface area contributed by atoms with Crippen LogP contribution in [0.25, 0.3) is 91.8 Å². The summed E-state index contributed by atoms with van der Waals surface area (Å²) in [4.78, 5) is 2.43. The Morgan fingerprint density at radius 2 is 0.885 bits per heavy atom. The summed E-state index contributed by atoms with van der Waals surface area (Å²) in [7, 11) is 0. The van der Waals surface area contributed by atoms with Gasteiger partial charge < -0.3 is 9.47 Å². The number of anilines is 3. The number of nitrogens with zero attached hydrogens (tertiary/aromatic N) is 2. The Labute approximate surface area is 358 Å². The first kappa shape index (κ1) is 35.2. The van der Waals surface area contributed by atoms with Crippen molar-refractivity contribution in [1.82, 2.24) is 4.57 Å². The minimum atomic E-state index is 1.11. The summed E-state index contributed by atoms with van der Waals surface area (Å²) < 4.78 is 5.00. The highest BCUT2D eigenvalue weighted by molar-refractivity contribution is 7.26. The van der Waals surface area contributed by atoms with Gasteiger partial charge in [0.15, 0.2) is 0 Å². The van der Waals surface area contributed by atoms with E-state index in [2.05, 4.69) is 240 Å². The lowest BCUT2D eigenvalue weighted by Gasteiger charge is -2.26. The van der Waals surface area contributed by atoms with Crippen molar-refractivity contribution in [3.05, 3.63) is 231 Å². The Hall–Kier alpha value is -7.72. The number of fused-ring (bicyclic) bond motifs is 7. The summed E-state index contributed by atoms with van der Waals surface area (Å²) in [6.07, 6.45) is 0. The Balaban J connectivity index is 0.978. The molecule has 0 amide bonds. The Morgan fingerprint density at radius 3 is 1.62 bits per heavy atom. The van der Waals surface area contributed by atoms with E-state index in [1.165, 1.54) is 97.5 Å². The second-order valence-corrected chi connectivity index (χ2v) is 16.7. The van der Waals surface area contributed by atoms with Gasteiger partial charge in [-0.2, -0.15) is 0 Å². The molecule has 0 aliphatic rings. The van der Waals surface area contributed by atoms with E-state index in [9.17, 15) is 0 Å². The zero-order valence-corrected chi connectivity index (χ0v) is 34.1. The molecule has 12 rings (SSSR count). The van der Waals surface area contributed by atoms with Crippen LogP contribution in [0.5, 0.6) is 0 Å². The smallest absolute Gasteiger partial charge is 0.0640 e. The van der Waals surface area contributed by atoms with Crippen molar-refractivity contribution in [2.75, 3.05) is 4.90 Å². The number of hydrogen-bond donors (Lipinski definition) is 0. The molecule has 0 aliphatic heterocycles. The van der Waals surface area contributed by atoms with Crippen LogP contribution in [0.3, 0.4) is 0 Å². The van der Waals surface area contributed by atoms with Crippen LogP contribution in [0.4, 0.5) is 17.1 Å². The molecule has 0 saturated carbocycles. The fourth-order valence-electron chi connectivity index (χ4n) is 9.35. The molecule has 61 heavy (non-hydrogen) atoms. The normalized spacial score (nSPS) is 11.6. The van der Waals surface area contributed by atoms with Gasteiger partial charge in [0.05, 0.1) is 27.1 Å². The van der Waals surface area contributed by atoms with Crippen LogP contribution in [0.1, 0.15) is 0 Å². The van der Waals surface area contributed by atoms with Gasteiger partial charge in [-0.05, 0) is 99.3 Å². The third kappa shape index (κ3) is 5.93. The molecule has 0 aliphatic carbocycles. The first-order valence-electron chi connectivity index (χ1n) is 20.8. The molecule has 286 valence electrons. The molecule has 0 saturated heterocycles. The topological polar surface area (TPSA) is 8.17 Å². The molecule has 2 aromatic heterocycles. The van der Waals surface area contributed by atoms with Crippen molar-refractivity contribution in [2.24, 2.45) is 0 Å². The standard InChI is InChI=1S/C58H38N2S/c1-2-15-42-38-43(29-28-39(42)14-1)40-30-34-44(35-31-40)59(56-26-13-22-52-51-21-8-12-27-57(51)61-58(52)56)45-36-32-41(33-37-45)46-16-3-4-17-47(46)48-18-5-9-23-53(48)60-54-24-10-6-19-49(54)50-20-7-11-25-55(50)60/h1-38H. The quantitative estimate of drug-likeness (QED) is 0.156. The second kappa shape index (κ2) is 14.5. The van der Waals surface area contributed by atoms with Crippen LogP contribution in [0, 0.1) is 0 Å². The molecule has 3 heteroatoms. The molecule has 10 aromatic carbocycles. The maximum atomic E-state index is 2.43. The van der Waals surface area contributed by atoms with Gasteiger partial charge in [0.2, 0.25) is 0 Å². The molecule has 0 bridgehead atoms. The summed E-state index contributed by atoms with van der Waals surface area (Å²) in [6, 6.07) is 84.1. The minimum absolute atomic E-state index is 1.11. The SMILES string of the molecule is c1ccc(-c2ccccc2-n2c3ccccc3c3ccccc32)c(-c2ccc(N(c3ccc(-c4ccc5ccccc5c4)cc3)c3cccc4c3sc3ccccc34)cc2)c1. The van der Waals surface area contributed by atoms with Crippen LogP contribution >= 0.6 is 11.3 Å². The molecular formula is C58H38N2S. The highest BCUT2D eigenvalue weighted by atomic mass is 32.1. The van der Waals surface area contributed by atoms with Crippen molar-refractivity contribution < 1.29 is 0 Å². The average molecular weight is 795 g/mol. The molecule has 2 nitrogen and oxygen atoms in total. The van der Waals surface area contributed by atoms with Crippen molar-refractivity contribution in [3.63, 3.8) is 0 Å². The van der Waals surface area contributed by atoms with Crippen LogP contribution in [0.15, 0.2) is 231 Å². The third-order valence-corrected chi connectivity index (χ3v) is 13.4. The highest BCUT2D eigenvalue weighted by Crippen LogP contribution is 2.46. The predicted molar refractivity (Wildman–Crippen MR) is 262 cm³/mol. The van der Waals surface area contributed by atoms with E-state index in [0.717, 1.165) is 11.4 Å². The molecule has 0 N–H and O–H groups in total. The maximum Gasteiger partial charge on any atom is 0.0640 e. The molecule has 0 atom stereocenters. The van der Waals surface area contributed by atoms with E-state index in [4.69, 9.17) is 0 Å². The van der Waals surface area contributed by atoms with Gasteiger partial charge >= 0.3 is 0 Å². The zero-order valence-electron chi connectivity index (χ0n) is 33.2. The van der Waals surface area contributed by atoms with E-state index in [1.54, 1.807) is 0 Å². The van der Waals surface area contributed by atoms with Gasteiger partial charge in [-0.15, -0.1) is 11.3 Å². The van der Waals surface area contributed by atoms with Crippen LogP contribution in [0.2, 0.25) is 0 Å². The van der Waals surface area contributed by atoms with Gasteiger partial charge in [-0.3, -0.25) is 0 Å². The lowest BCUT2D eigenvalue weighted by molar-refractivity contribution is 1.18. The van der Waals surface area contributed by atoms with Crippen molar-refractivity contribution >= 4 is 81.1 Å². The molecule has 0 unspecified atom stereocenters. The molecule has 0 fully saturated rings. The lowest BCUT2D eigenvalue weighted by Crippen LogP contribution is -2.10. The van der Waals surface area contributed by atoms with Gasteiger partial charge in [0.1, 0.15) is 0 Å². The maximum absolute atomic E-state index is 2.43. The summed E-state index contributed by atoms with van der Waals surface area (Å²) in [6.45, 7) is 0. The fraction of sp³-hybridized carbons (Fsp3) is 0. The van der Waals surface area contributed by atoms with Crippen molar-refractivity contribution in [1.29, 1.82) is 0 Å². The molecule has 0 radical (unpaired) electrons. The molecular weight excluding hydrogens is 757 g/mol. The van der Waals surface area contributed by atoms with E-state index in [-0.39, 0.29) is 0 Å².